The normalized spacial score (nSPS) is 28.9. The fraction of sp³-hybridized carbons (Fsp3) is 0.444. The first-order chi connectivity index (χ1) is 15.8. The third-order valence-electron chi connectivity index (χ3n) is 7.73. The highest BCUT2D eigenvalue weighted by molar-refractivity contribution is 5.86. The number of ether oxygens (including phenoxy) is 1. The number of rotatable bonds is 4. The van der Waals surface area contributed by atoms with Crippen LogP contribution in [-0.4, -0.2) is 39.3 Å². The van der Waals surface area contributed by atoms with Crippen LogP contribution in [0.2, 0.25) is 0 Å². The maximum atomic E-state index is 12.8. The Morgan fingerprint density at radius 3 is 2.70 bits per heavy atom. The van der Waals surface area contributed by atoms with E-state index < -0.39 is 0 Å². The summed E-state index contributed by atoms with van der Waals surface area (Å²) in [5, 5.41) is 30.8. The van der Waals surface area contributed by atoms with Gasteiger partial charge in [0.1, 0.15) is 23.4 Å². The first-order valence-corrected chi connectivity index (χ1v) is 11.8. The standard InChI is InChI=1S/C27H31NO5/c1-15-19(20-6-4-10-28(2)27(20)32)5-3-7-25(15)33-26-21(16-8-9-17(29)11-16)14-22-23(26)12-18(30)13-24(22)31/h3-5,7,10,12-13,16-17,20-21,26,29-31H,6,8-9,11,14H2,1-2H3. The monoisotopic (exact) mass is 449 g/mol. The summed E-state index contributed by atoms with van der Waals surface area (Å²) >= 11 is 0. The van der Waals surface area contributed by atoms with Crippen molar-refractivity contribution in [2.75, 3.05) is 7.05 Å². The van der Waals surface area contributed by atoms with Crippen LogP contribution in [0.4, 0.5) is 0 Å². The average Bonchev–Trinajstić information content (AvgIpc) is 3.36. The van der Waals surface area contributed by atoms with Crippen molar-refractivity contribution in [1.29, 1.82) is 0 Å². The van der Waals surface area contributed by atoms with E-state index in [-0.39, 0.29) is 47.4 Å². The lowest BCUT2D eigenvalue weighted by molar-refractivity contribution is -0.129. The highest BCUT2D eigenvalue weighted by Gasteiger charge is 2.43. The van der Waals surface area contributed by atoms with Crippen molar-refractivity contribution in [2.45, 2.75) is 57.2 Å². The largest absolute Gasteiger partial charge is 0.508 e. The quantitative estimate of drug-likeness (QED) is 0.647. The van der Waals surface area contributed by atoms with Crippen molar-refractivity contribution < 1.29 is 24.9 Å². The summed E-state index contributed by atoms with van der Waals surface area (Å²) in [5.74, 6) is 1.01. The SMILES string of the molecule is Cc1c(OC2c3cc(O)cc(O)c3CC2C2CCC(O)C2)cccc1C1CC=CN(C)C1=O. The summed E-state index contributed by atoms with van der Waals surface area (Å²) in [7, 11) is 1.77. The molecule has 2 aromatic rings. The Bertz CT molecular complexity index is 1110. The summed E-state index contributed by atoms with van der Waals surface area (Å²) in [6.07, 6.45) is 6.91. The number of phenolic OH excluding ortho intramolecular Hbond substituents is 2. The molecule has 0 spiro atoms. The number of aliphatic hydroxyl groups is 1. The number of benzene rings is 2. The highest BCUT2D eigenvalue weighted by atomic mass is 16.5. The minimum Gasteiger partial charge on any atom is -0.508 e. The fourth-order valence-electron chi connectivity index (χ4n) is 5.97. The molecule has 3 aliphatic rings. The van der Waals surface area contributed by atoms with Crippen molar-refractivity contribution in [2.24, 2.45) is 11.8 Å². The lowest BCUT2D eigenvalue weighted by Crippen LogP contribution is -2.30. The van der Waals surface area contributed by atoms with E-state index in [1.54, 1.807) is 18.0 Å². The lowest BCUT2D eigenvalue weighted by atomic mass is 9.86. The van der Waals surface area contributed by atoms with Gasteiger partial charge in [-0.3, -0.25) is 4.79 Å². The number of carbonyl (C=O) groups excluding carboxylic acids is 1. The van der Waals surface area contributed by atoms with E-state index in [2.05, 4.69) is 0 Å². The first kappa shape index (κ1) is 21.8. The fourth-order valence-corrected chi connectivity index (χ4v) is 5.97. The first-order valence-electron chi connectivity index (χ1n) is 11.8. The zero-order chi connectivity index (χ0) is 23.3. The van der Waals surface area contributed by atoms with Gasteiger partial charge in [-0.05, 0) is 68.2 Å². The van der Waals surface area contributed by atoms with E-state index in [1.165, 1.54) is 6.07 Å². The van der Waals surface area contributed by atoms with Gasteiger partial charge in [0.05, 0.1) is 12.0 Å². The molecule has 5 unspecified atom stereocenters. The van der Waals surface area contributed by atoms with E-state index in [9.17, 15) is 20.1 Å². The number of allylic oxidation sites excluding steroid dienone is 1. The molecule has 0 bridgehead atoms. The molecule has 1 heterocycles. The topological polar surface area (TPSA) is 90.2 Å². The molecule has 33 heavy (non-hydrogen) atoms. The Morgan fingerprint density at radius 2 is 1.94 bits per heavy atom. The van der Waals surface area contributed by atoms with Crippen LogP contribution < -0.4 is 4.74 Å². The molecule has 1 saturated carbocycles. The van der Waals surface area contributed by atoms with Gasteiger partial charge in [0.25, 0.3) is 0 Å². The summed E-state index contributed by atoms with van der Waals surface area (Å²) < 4.78 is 6.65. The Hall–Kier alpha value is -2.99. The van der Waals surface area contributed by atoms with Gasteiger partial charge in [-0.2, -0.15) is 0 Å². The van der Waals surface area contributed by atoms with Gasteiger partial charge in [-0.15, -0.1) is 0 Å². The second kappa shape index (κ2) is 8.41. The number of phenols is 2. The van der Waals surface area contributed by atoms with Crippen LogP contribution in [-0.2, 0) is 11.2 Å². The Morgan fingerprint density at radius 1 is 1.12 bits per heavy atom. The Balaban J connectivity index is 1.51. The molecule has 6 heteroatoms. The van der Waals surface area contributed by atoms with Gasteiger partial charge in [-0.1, -0.05) is 18.2 Å². The average molecular weight is 450 g/mol. The highest BCUT2D eigenvalue weighted by Crippen LogP contribution is 2.51. The van der Waals surface area contributed by atoms with Crippen LogP contribution in [0.3, 0.4) is 0 Å². The second-order valence-electron chi connectivity index (χ2n) is 9.76. The van der Waals surface area contributed by atoms with E-state index >= 15 is 0 Å². The summed E-state index contributed by atoms with van der Waals surface area (Å²) in [6, 6.07) is 8.91. The molecule has 1 aliphatic heterocycles. The molecule has 1 fully saturated rings. The molecule has 2 aromatic carbocycles. The van der Waals surface area contributed by atoms with Crippen molar-refractivity contribution in [3.63, 3.8) is 0 Å². The molecule has 0 radical (unpaired) electrons. The maximum absolute atomic E-state index is 12.8. The van der Waals surface area contributed by atoms with Gasteiger partial charge in [0.2, 0.25) is 5.91 Å². The number of likely N-dealkylation sites (N-methyl/N-ethyl adjacent to an activating group) is 1. The Labute approximate surface area is 194 Å². The molecule has 6 nitrogen and oxygen atoms in total. The zero-order valence-corrected chi connectivity index (χ0v) is 19.1. The number of hydrogen-bond acceptors (Lipinski definition) is 5. The number of nitrogens with zero attached hydrogens (tertiary/aromatic N) is 1. The Kier molecular flexibility index (Phi) is 5.57. The smallest absolute Gasteiger partial charge is 0.234 e. The van der Waals surface area contributed by atoms with Gasteiger partial charge in [0, 0.05) is 36.4 Å². The predicted molar refractivity (Wildman–Crippen MR) is 124 cm³/mol. The number of amides is 1. The van der Waals surface area contributed by atoms with E-state index in [1.807, 2.05) is 37.4 Å². The van der Waals surface area contributed by atoms with Crippen LogP contribution in [0.5, 0.6) is 17.2 Å². The maximum Gasteiger partial charge on any atom is 0.234 e. The summed E-state index contributed by atoms with van der Waals surface area (Å²) in [5.41, 5.74) is 3.51. The number of aliphatic hydroxyl groups excluding tert-OH is 1. The number of hydrogen-bond donors (Lipinski definition) is 3. The van der Waals surface area contributed by atoms with Crippen molar-refractivity contribution in [3.8, 4) is 17.2 Å². The minimum absolute atomic E-state index is 0.0139. The second-order valence-corrected chi connectivity index (χ2v) is 9.76. The zero-order valence-electron chi connectivity index (χ0n) is 19.1. The van der Waals surface area contributed by atoms with E-state index in [0.29, 0.717) is 18.6 Å². The molecule has 2 aliphatic carbocycles. The van der Waals surface area contributed by atoms with Crippen molar-refractivity contribution >= 4 is 5.91 Å². The van der Waals surface area contributed by atoms with Gasteiger partial charge >= 0.3 is 0 Å². The minimum atomic E-state index is -0.341. The number of carbonyl (C=O) groups is 1. The molecular formula is C27H31NO5. The van der Waals surface area contributed by atoms with Gasteiger partial charge < -0.3 is 25.0 Å². The molecule has 5 atom stereocenters. The lowest BCUT2D eigenvalue weighted by Gasteiger charge is -2.29. The summed E-state index contributed by atoms with van der Waals surface area (Å²) in [6.45, 7) is 1.99. The summed E-state index contributed by atoms with van der Waals surface area (Å²) in [4.78, 5) is 14.4. The molecule has 174 valence electrons. The van der Waals surface area contributed by atoms with Crippen molar-refractivity contribution in [1.82, 2.24) is 4.90 Å². The molecule has 1 amide bonds. The van der Waals surface area contributed by atoms with Gasteiger partial charge in [-0.25, -0.2) is 0 Å². The van der Waals surface area contributed by atoms with Crippen LogP contribution in [0, 0.1) is 18.8 Å². The molecule has 0 saturated heterocycles. The van der Waals surface area contributed by atoms with Crippen LogP contribution >= 0.6 is 0 Å². The van der Waals surface area contributed by atoms with Crippen LogP contribution in [0.15, 0.2) is 42.6 Å². The van der Waals surface area contributed by atoms with E-state index in [4.69, 9.17) is 4.74 Å². The molecule has 3 N–H and O–H groups in total. The van der Waals surface area contributed by atoms with Crippen LogP contribution in [0.1, 0.15) is 60.0 Å². The molecule has 0 aromatic heterocycles. The molecular weight excluding hydrogens is 418 g/mol. The van der Waals surface area contributed by atoms with Gasteiger partial charge in [0.15, 0.2) is 0 Å². The third kappa shape index (κ3) is 3.86. The number of aromatic hydroxyl groups is 2. The molecule has 5 rings (SSSR count). The third-order valence-corrected chi connectivity index (χ3v) is 7.73. The van der Waals surface area contributed by atoms with E-state index in [0.717, 1.165) is 41.5 Å². The predicted octanol–water partition coefficient (Wildman–Crippen LogP) is 4.32. The number of fused-ring (bicyclic) bond motifs is 1. The van der Waals surface area contributed by atoms with Crippen LogP contribution in [0.25, 0.3) is 0 Å². The van der Waals surface area contributed by atoms with Crippen molar-refractivity contribution in [3.05, 3.63) is 64.9 Å².